The number of benzene rings is 1. The Labute approximate surface area is 141 Å². The Morgan fingerprint density at radius 3 is 3.05 bits per heavy atom. The molecule has 118 valence electrons. The first-order valence-corrected chi connectivity index (χ1v) is 8.43. The number of nitrogens with zero attached hydrogens (tertiary/aromatic N) is 3. The van der Waals surface area contributed by atoms with E-state index in [-0.39, 0.29) is 11.7 Å². The topological polar surface area (TPSA) is 69.0 Å². The van der Waals surface area contributed by atoms with Crippen LogP contribution in [0.25, 0.3) is 0 Å². The summed E-state index contributed by atoms with van der Waals surface area (Å²) in [5.74, 6) is 0.183. The van der Waals surface area contributed by atoms with Gasteiger partial charge in [0.15, 0.2) is 5.16 Å². The number of ether oxygens (including phenoxy) is 1. The van der Waals surface area contributed by atoms with Gasteiger partial charge < -0.3 is 14.6 Å². The van der Waals surface area contributed by atoms with Crippen molar-refractivity contribution in [1.29, 1.82) is 0 Å². The van der Waals surface area contributed by atoms with E-state index in [0.717, 1.165) is 15.7 Å². The van der Waals surface area contributed by atoms with Gasteiger partial charge in [0.25, 0.3) is 0 Å². The molecule has 0 unspecified atom stereocenters. The Morgan fingerprint density at radius 1 is 1.50 bits per heavy atom. The molecule has 1 aromatic heterocycles. The van der Waals surface area contributed by atoms with Crippen LogP contribution in [0.5, 0.6) is 0 Å². The van der Waals surface area contributed by atoms with Crippen LogP contribution in [0.1, 0.15) is 5.56 Å². The number of aromatic nitrogens is 3. The molecule has 1 N–H and O–H groups in total. The second kappa shape index (κ2) is 8.30. The summed E-state index contributed by atoms with van der Waals surface area (Å²) in [5.41, 5.74) is 1.89. The van der Waals surface area contributed by atoms with Crippen LogP contribution in [0, 0.1) is 6.92 Å². The van der Waals surface area contributed by atoms with Crippen LogP contribution in [0.2, 0.25) is 0 Å². The third kappa shape index (κ3) is 4.82. The van der Waals surface area contributed by atoms with Gasteiger partial charge >= 0.3 is 0 Å². The van der Waals surface area contributed by atoms with Gasteiger partial charge in [-0.25, -0.2) is 0 Å². The van der Waals surface area contributed by atoms with E-state index in [1.165, 1.54) is 11.8 Å². The average molecular weight is 385 g/mol. The lowest BCUT2D eigenvalue weighted by atomic mass is 10.2. The fourth-order valence-corrected chi connectivity index (χ4v) is 3.07. The van der Waals surface area contributed by atoms with E-state index in [2.05, 4.69) is 31.4 Å². The molecule has 0 aliphatic carbocycles. The van der Waals surface area contributed by atoms with Gasteiger partial charge in [0.1, 0.15) is 6.33 Å². The molecule has 22 heavy (non-hydrogen) atoms. The first-order valence-electron chi connectivity index (χ1n) is 6.65. The smallest absolute Gasteiger partial charge is 0.234 e. The standard InChI is InChI=1S/C14H17BrN4O2S/c1-10-3-4-12(11(15)7-10)17-13(20)8-22-14-18-16-9-19(14)5-6-21-2/h3-4,7,9H,5-6,8H2,1-2H3,(H,17,20). The Morgan fingerprint density at radius 2 is 2.32 bits per heavy atom. The molecule has 0 spiro atoms. The number of methoxy groups -OCH3 is 1. The molecule has 2 rings (SSSR count). The van der Waals surface area contributed by atoms with Crippen molar-refractivity contribution in [1.82, 2.24) is 14.8 Å². The molecule has 0 saturated heterocycles. The number of rotatable bonds is 7. The minimum Gasteiger partial charge on any atom is -0.383 e. The summed E-state index contributed by atoms with van der Waals surface area (Å²) in [7, 11) is 1.64. The first-order chi connectivity index (χ1) is 10.6. The zero-order valence-electron chi connectivity index (χ0n) is 12.4. The Bertz CT molecular complexity index is 648. The van der Waals surface area contributed by atoms with Crippen LogP contribution in [0.4, 0.5) is 5.69 Å². The molecular formula is C14H17BrN4O2S. The van der Waals surface area contributed by atoms with Crippen LogP contribution < -0.4 is 5.32 Å². The number of carbonyl (C=O) groups excluding carboxylic acids is 1. The molecular weight excluding hydrogens is 368 g/mol. The lowest BCUT2D eigenvalue weighted by Gasteiger charge is -2.08. The molecule has 0 aliphatic heterocycles. The van der Waals surface area contributed by atoms with Gasteiger partial charge in [0.2, 0.25) is 5.91 Å². The number of amides is 1. The van der Waals surface area contributed by atoms with E-state index in [9.17, 15) is 4.79 Å². The lowest BCUT2D eigenvalue weighted by molar-refractivity contribution is -0.113. The summed E-state index contributed by atoms with van der Waals surface area (Å²) in [6.07, 6.45) is 1.63. The molecule has 1 aromatic carbocycles. The number of hydrogen-bond donors (Lipinski definition) is 1. The summed E-state index contributed by atoms with van der Waals surface area (Å²) < 4.78 is 7.76. The van der Waals surface area contributed by atoms with E-state index in [0.29, 0.717) is 18.3 Å². The molecule has 6 nitrogen and oxygen atoms in total. The van der Waals surface area contributed by atoms with Gasteiger partial charge in [0.05, 0.1) is 18.0 Å². The number of thioether (sulfide) groups is 1. The highest BCUT2D eigenvalue weighted by atomic mass is 79.9. The van der Waals surface area contributed by atoms with Crippen LogP contribution in [-0.2, 0) is 16.1 Å². The normalized spacial score (nSPS) is 10.7. The molecule has 1 amide bonds. The van der Waals surface area contributed by atoms with E-state index in [1.807, 2.05) is 29.7 Å². The zero-order valence-corrected chi connectivity index (χ0v) is 14.8. The predicted molar refractivity (Wildman–Crippen MR) is 90.1 cm³/mol. The number of anilines is 1. The van der Waals surface area contributed by atoms with Gasteiger partial charge in [-0.3, -0.25) is 4.79 Å². The second-order valence-corrected chi connectivity index (χ2v) is 6.42. The van der Waals surface area contributed by atoms with Gasteiger partial charge in [-0.2, -0.15) is 0 Å². The maximum absolute atomic E-state index is 12.0. The van der Waals surface area contributed by atoms with Crippen molar-refractivity contribution in [2.75, 3.05) is 24.8 Å². The minimum atomic E-state index is -0.0872. The molecule has 2 aromatic rings. The van der Waals surface area contributed by atoms with E-state index in [1.54, 1.807) is 13.4 Å². The molecule has 0 atom stereocenters. The fraction of sp³-hybridized carbons (Fsp3) is 0.357. The summed E-state index contributed by atoms with van der Waals surface area (Å²) >= 11 is 4.79. The minimum absolute atomic E-state index is 0.0872. The quantitative estimate of drug-likeness (QED) is 0.743. The van der Waals surface area contributed by atoms with Crippen molar-refractivity contribution in [2.24, 2.45) is 0 Å². The highest BCUT2D eigenvalue weighted by Gasteiger charge is 2.10. The Kier molecular flexibility index (Phi) is 6.41. The maximum atomic E-state index is 12.0. The van der Waals surface area contributed by atoms with Crippen molar-refractivity contribution < 1.29 is 9.53 Å². The average Bonchev–Trinajstić information content (AvgIpc) is 2.93. The van der Waals surface area contributed by atoms with Gasteiger partial charge in [-0.15, -0.1) is 10.2 Å². The SMILES string of the molecule is COCCn1cnnc1SCC(=O)Nc1ccc(C)cc1Br. The van der Waals surface area contributed by atoms with Crippen molar-refractivity contribution in [2.45, 2.75) is 18.6 Å². The van der Waals surface area contributed by atoms with Crippen LogP contribution in [0.15, 0.2) is 34.2 Å². The van der Waals surface area contributed by atoms with Crippen molar-refractivity contribution >= 4 is 39.3 Å². The first kappa shape index (κ1) is 17.0. The second-order valence-electron chi connectivity index (χ2n) is 4.62. The Balaban J connectivity index is 1.89. The largest absolute Gasteiger partial charge is 0.383 e. The number of carbonyl (C=O) groups is 1. The van der Waals surface area contributed by atoms with E-state index >= 15 is 0 Å². The predicted octanol–water partition coefficient (Wildman–Crippen LogP) is 2.73. The van der Waals surface area contributed by atoms with E-state index < -0.39 is 0 Å². The highest BCUT2D eigenvalue weighted by Crippen LogP contribution is 2.24. The van der Waals surface area contributed by atoms with Gasteiger partial charge in [0, 0.05) is 18.1 Å². The highest BCUT2D eigenvalue weighted by molar-refractivity contribution is 9.10. The summed E-state index contributed by atoms with van der Waals surface area (Å²) in [4.78, 5) is 12.0. The van der Waals surface area contributed by atoms with E-state index in [4.69, 9.17) is 4.74 Å². The summed E-state index contributed by atoms with van der Waals surface area (Å²) in [6.45, 7) is 3.24. The van der Waals surface area contributed by atoms with Crippen molar-refractivity contribution in [3.05, 3.63) is 34.6 Å². The van der Waals surface area contributed by atoms with Crippen LogP contribution >= 0.6 is 27.7 Å². The van der Waals surface area contributed by atoms with Crippen LogP contribution in [-0.4, -0.2) is 40.1 Å². The number of halogens is 1. The third-order valence-corrected chi connectivity index (χ3v) is 4.48. The van der Waals surface area contributed by atoms with Crippen molar-refractivity contribution in [3.8, 4) is 0 Å². The number of aryl methyl sites for hydroxylation is 1. The molecule has 0 saturated carbocycles. The summed E-state index contributed by atoms with van der Waals surface area (Å²) in [5, 5.41) is 11.4. The lowest BCUT2D eigenvalue weighted by Crippen LogP contribution is -2.15. The Hall–Kier alpha value is -1.38. The molecule has 0 aliphatic rings. The third-order valence-electron chi connectivity index (χ3n) is 2.85. The fourth-order valence-electron chi connectivity index (χ4n) is 1.74. The van der Waals surface area contributed by atoms with Crippen LogP contribution in [0.3, 0.4) is 0 Å². The molecule has 0 fully saturated rings. The molecule has 8 heteroatoms. The molecule has 0 bridgehead atoms. The molecule has 0 radical (unpaired) electrons. The van der Waals surface area contributed by atoms with Crippen molar-refractivity contribution in [3.63, 3.8) is 0 Å². The zero-order chi connectivity index (χ0) is 15.9. The number of hydrogen-bond acceptors (Lipinski definition) is 5. The summed E-state index contributed by atoms with van der Waals surface area (Å²) in [6, 6.07) is 5.79. The maximum Gasteiger partial charge on any atom is 0.234 e. The van der Waals surface area contributed by atoms with Gasteiger partial charge in [-0.05, 0) is 40.5 Å². The number of nitrogens with one attached hydrogen (secondary N) is 1. The molecule has 1 heterocycles. The monoisotopic (exact) mass is 384 g/mol. The van der Waals surface area contributed by atoms with Gasteiger partial charge in [-0.1, -0.05) is 17.8 Å².